The first-order chi connectivity index (χ1) is 12.5. The molecule has 0 saturated carbocycles. The summed E-state index contributed by atoms with van der Waals surface area (Å²) in [6.45, 7) is 8.58. The second-order valence-electron chi connectivity index (χ2n) is 2.33. The van der Waals surface area contributed by atoms with Gasteiger partial charge in [0.25, 0.3) is 0 Å². The van der Waals surface area contributed by atoms with Gasteiger partial charge in [-0.25, -0.2) is 0 Å². The molecule has 0 N–H and O–H groups in total. The number of hydrogen-bond donors (Lipinski definition) is 0. The standard InChI is InChI=1S/6C2H3N.2BF4.2Pd/c6*1-2-3;2*2-1(3,4)5;;/h6*1H3;;;;/q;;;;;;2*-1;;. The molecule has 30 heavy (non-hydrogen) atoms. The summed E-state index contributed by atoms with van der Waals surface area (Å²) in [6.07, 6.45) is 0. The molecule has 0 rings (SSSR count). The van der Waals surface area contributed by atoms with Gasteiger partial charge in [-0.15, -0.1) is 0 Å². The fourth-order valence-electron chi connectivity index (χ4n) is 0. The van der Waals surface area contributed by atoms with Crippen molar-refractivity contribution in [3.8, 4) is 36.4 Å². The van der Waals surface area contributed by atoms with Gasteiger partial charge in [0.15, 0.2) is 0 Å². The van der Waals surface area contributed by atoms with E-state index in [0.717, 1.165) is 0 Å². The SMILES string of the molecule is CC#N.CC#N.CC#N.CC#N.CC#N.CC#N.F[B-](F)(F)F.F[B-](F)(F)F.[Pd].[Pd]. The van der Waals surface area contributed by atoms with E-state index in [1.165, 1.54) is 41.5 Å². The van der Waals surface area contributed by atoms with Crippen LogP contribution in [0, 0.1) is 68.0 Å². The Labute approximate surface area is 199 Å². The van der Waals surface area contributed by atoms with Gasteiger partial charge in [-0.05, 0) is 0 Å². The van der Waals surface area contributed by atoms with E-state index in [1.54, 1.807) is 36.4 Å². The first-order valence-electron chi connectivity index (χ1n) is 6.09. The van der Waals surface area contributed by atoms with Crippen LogP contribution in [0.15, 0.2) is 0 Å². The molecule has 0 unspecified atom stereocenters. The van der Waals surface area contributed by atoms with Gasteiger partial charge in [0, 0.05) is 82.4 Å². The average Bonchev–Trinajstić information content (AvgIpc) is 2.39. The number of nitriles is 6. The Balaban J connectivity index is -0.0000000191. The monoisotopic (exact) mass is 632 g/mol. The van der Waals surface area contributed by atoms with Crippen LogP contribution >= 0.6 is 0 Å². The third kappa shape index (κ3) is 3400. The van der Waals surface area contributed by atoms with E-state index < -0.39 is 14.5 Å². The summed E-state index contributed by atoms with van der Waals surface area (Å²) in [5.74, 6) is 0. The molecule has 0 atom stereocenters. The van der Waals surface area contributed by atoms with Crippen molar-refractivity contribution in [2.24, 2.45) is 0 Å². The molecule has 0 heterocycles. The van der Waals surface area contributed by atoms with Gasteiger partial charge in [0.1, 0.15) is 0 Å². The molecule has 180 valence electrons. The molecule has 0 radical (unpaired) electrons. The Kier molecular flexibility index (Phi) is 150. The molecule has 0 fully saturated rings. The number of nitrogens with zero attached hydrogens (tertiary/aromatic N) is 6. The maximum Gasteiger partial charge on any atom is 0.673 e. The van der Waals surface area contributed by atoms with Crippen LogP contribution in [-0.4, -0.2) is 14.5 Å². The van der Waals surface area contributed by atoms with Crippen molar-refractivity contribution in [3.63, 3.8) is 0 Å². The van der Waals surface area contributed by atoms with Crippen LogP contribution in [0.2, 0.25) is 0 Å². The summed E-state index contributed by atoms with van der Waals surface area (Å²) in [4.78, 5) is 0. The molecular weight excluding hydrogens is 615 g/mol. The summed E-state index contributed by atoms with van der Waals surface area (Å²) in [7, 11) is -12.0. The number of hydrogen-bond acceptors (Lipinski definition) is 6. The van der Waals surface area contributed by atoms with Crippen molar-refractivity contribution in [1.82, 2.24) is 0 Å². The van der Waals surface area contributed by atoms with Gasteiger partial charge in [-0.2, -0.15) is 31.6 Å². The summed E-state index contributed by atoms with van der Waals surface area (Å²) >= 11 is 0. The minimum absolute atomic E-state index is 0. The molecule has 0 aromatic carbocycles. The normalized spacial score (nSPS) is 5.60. The minimum Gasteiger partial charge on any atom is -0.418 e. The van der Waals surface area contributed by atoms with Gasteiger partial charge in [-0.3, -0.25) is 0 Å². The van der Waals surface area contributed by atoms with E-state index in [1.807, 2.05) is 0 Å². The second-order valence-corrected chi connectivity index (χ2v) is 2.33. The van der Waals surface area contributed by atoms with Crippen molar-refractivity contribution >= 4 is 14.5 Å². The molecule has 0 aromatic rings. The molecule has 0 amide bonds. The molecule has 0 bridgehead atoms. The van der Waals surface area contributed by atoms with Gasteiger partial charge in [0.2, 0.25) is 0 Å². The first kappa shape index (κ1) is 63.0. The van der Waals surface area contributed by atoms with E-state index in [0.29, 0.717) is 0 Å². The third-order valence-corrected chi connectivity index (χ3v) is 0. The molecule has 0 aliphatic rings. The molecule has 0 spiro atoms. The van der Waals surface area contributed by atoms with Gasteiger partial charge < -0.3 is 34.5 Å². The summed E-state index contributed by atoms with van der Waals surface area (Å²) < 4.78 is 78.0. The molecule has 0 aliphatic carbocycles. The predicted octanol–water partition coefficient (Wildman–Crippen LogP) is 5.77. The zero-order valence-corrected chi connectivity index (χ0v) is 19.6. The van der Waals surface area contributed by atoms with Crippen LogP contribution in [0.4, 0.5) is 34.5 Å². The Morgan fingerprint density at radius 2 is 0.367 bits per heavy atom. The van der Waals surface area contributed by atoms with Crippen LogP contribution in [0.25, 0.3) is 0 Å². The molecule has 0 aromatic heterocycles. The topological polar surface area (TPSA) is 143 Å². The van der Waals surface area contributed by atoms with Crippen molar-refractivity contribution in [3.05, 3.63) is 0 Å². The smallest absolute Gasteiger partial charge is 0.418 e. The van der Waals surface area contributed by atoms with Crippen LogP contribution in [0.3, 0.4) is 0 Å². The van der Waals surface area contributed by atoms with Crippen LogP contribution in [0.1, 0.15) is 41.5 Å². The van der Waals surface area contributed by atoms with Gasteiger partial charge >= 0.3 is 14.5 Å². The van der Waals surface area contributed by atoms with Crippen LogP contribution < -0.4 is 0 Å². The maximum atomic E-state index is 9.75. The first-order valence-corrected chi connectivity index (χ1v) is 6.09. The van der Waals surface area contributed by atoms with E-state index in [2.05, 4.69) is 0 Å². The van der Waals surface area contributed by atoms with Gasteiger partial charge in [-0.1, -0.05) is 0 Å². The fraction of sp³-hybridized carbons (Fsp3) is 0.500. The quantitative estimate of drug-likeness (QED) is 0.245. The second kappa shape index (κ2) is 71.4. The largest absolute Gasteiger partial charge is 0.673 e. The van der Waals surface area contributed by atoms with E-state index >= 15 is 0 Å². The molecular formula is C12H18B2F8N6Pd2-2. The van der Waals surface area contributed by atoms with Crippen LogP contribution in [-0.2, 0) is 40.8 Å². The molecule has 6 nitrogen and oxygen atoms in total. The fourth-order valence-corrected chi connectivity index (χ4v) is 0. The summed E-state index contributed by atoms with van der Waals surface area (Å²) in [6, 6.07) is 10.5. The van der Waals surface area contributed by atoms with Crippen molar-refractivity contribution in [2.45, 2.75) is 41.5 Å². The number of halogens is 8. The van der Waals surface area contributed by atoms with Gasteiger partial charge in [0.05, 0.1) is 36.4 Å². The molecule has 0 saturated heterocycles. The Bertz CT molecular complexity index is 404. The average molecular weight is 633 g/mol. The molecule has 0 aliphatic heterocycles. The summed E-state index contributed by atoms with van der Waals surface area (Å²) in [5, 5.41) is 43.9. The maximum absolute atomic E-state index is 9.75. The predicted molar refractivity (Wildman–Crippen MR) is 88.1 cm³/mol. The van der Waals surface area contributed by atoms with Crippen molar-refractivity contribution < 1.29 is 75.4 Å². The van der Waals surface area contributed by atoms with E-state index in [9.17, 15) is 34.5 Å². The minimum atomic E-state index is -6.00. The number of rotatable bonds is 0. The molecule has 18 heteroatoms. The zero-order valence-electron chi connectivity index (χ0n) is 16.5. The van der Waals surface area contributed by atoms with Crippen molar-refractivity contribution in [1.29, 1.82) is 31.6 Å². The van der Waals surface area contributed by atoms with Crippen molar-refractivity contribution in [2.75, 3.05) is 0 Å². The Morgan fingerprint density at radius 3 is 0.367 bits per heavy atom. The Morgan fingerprint density at radius 1 is 0.367 bits per heavy atom. The summed E-state index contributed by atoms with van der Waals surface area (Å²) in [5.41, 5.74) is 0. The van der Waals surface area contributed by atoms with E-state index in [-0.39, 0.29) is 40.8 Å². The zero-order chi connectivity index (χ0) is 25.2. The van der Waals surface area contributed by atoms with E-state index in [4.69, 9.17) is 31.6 Å². The van der Waals surface area contributed by atoms with Crippen LogP contribution in [0.5, 0.6) is 0 Å². The third-order valence-electron chi connectivity index (χ3n) is 0. The Hall–Kier alpha value is -2.17.